The highest BCUT2D eigenvalue weighted by Gasteiger charge is 2.26. The van der Waals surface area contributed by atoms with Crippen molar-refractivity contribution < 1.29 is 14.2 Å². The first-order valence-electron chi connectivity index (χ1n) is 7.83. The van der Waals surface area contributed by atoms with Gasteiger partial charge in [0.05, 0.1) is 0 Å². The standard InChI is InChI=1S/C15H19N7O3/c16-10-2-4-11(5-3-10)18-15(24)22-7-1-6-21(8-9-22)14(23)12-13(17)20-25-19-12/h2-5H,1,6-9,16H2,(H2,17,20)(H,18,24). The molecule has 1 fully saturated rings. The van der Waals surface area contributed by atoms with Gasteiger partial charge in [-0.1, -0.05) is 0 Å². The van der Waals surface area contributed by atoms with Gasteiger partial charge < -0.3 is 26.6 Å². The quantitative estimate of drug-likeness (QED) is 0.676. The molecule has 2 aromatic rings. The summed E-state index contributed by atoms with van der Waals surface area (Å²) in [4.78, 5) is 28.0. The van der Waals surface area contributed by atoms with Gasteiger partial charge in [0.1, 0.15) is 0 Å². The molecule has 1 aromatic heterocycles. The number of urea groups is 1. The number of carbonyl (C=O) groups excluding carboxylic acids is 2. The summed E-state index contributed by atoms with van der Waals surface area (Å²) >= 11 is 0. The Hall–Kier alpha value is -3.30. The van der Waals surface area contributed by atoms with E-state index in [1.165, 1.54) is 0 Å². The van der Waals surface area contributed by atoms with Crippen LogP contribution in [0.1, 0.15) is 16.9 Å². The molecule has 10 heteroatoms. The third-order valence-electron chi connectivity index (χ3n) is 3.95. The van der Waals surface area contributed by atoms with E-state index < -0.39 is 0 Å². The Morgan fingerprint density at radius 2 is 1.68 bits per heavy atom. The maximum atomic E-state index is 12.4. The molecule has 25 heavy (non-hydrogen) atoms. The van der Waals surface area contributed by atoms with E-state index in [0.717, 1.165) is 0 Å². The lowest BCUT2D eigenvalue weighted by molar-refractivity contribution is 0.0752. The molecular weight excluding hydrogens is 326 g/mol. The Morgan fingerprint density at radius 3 is 2.36 bits per heavy atom. The topological polar surface area (TPSA) is 144 Å². The van der Waals surface area contributed by atoms with Crippen molar-refractivity contribution in [2.24, 2.45) is 0 Å². The average molecular weight is 345 g/mol. The Kier molecular flexibility index (Phi) is 4.68. The maximum Gasteiger partial charge on any atom is 0.321 e. The van der Waals surface area contributed by atoms with E-state index in [2.05, 4.69) is 20.3 Å². The van der Waals surface area contributed by atoms with Gasteiger partial charge in [0.15, 0.2) is 0 Å². The number of nitrogens with one attached hydrogen (secondary N) is 1. The molecule has 3 amide bonds. The summed E-state index contributed by atoms with van der Waals surface area (Å²) in [6.07, 6.45) is 0.645. The van der Waals surface area contributed by atoms with Crippen molar-refractivity contribution in [2.45, 2.75) is 6.42 Å². The number of amides is 3. The van der Waals surface area contributed by atoms with Crippen molar-refractivity contribution in [3.05, 3.63) is 30.0 Å². The third-order valence-corrected chi connectivity index (χ3v) is 3.95. The molecule has 0 saturated carbocycles. The average Bonchev–Trinajstić information content (AvgIpc) is 2.88. The molecule has 1 saturated heterocycles. The fourth-order valence-electron chi connectivity index (χ4n) is 2.59. The maximum absolute atomic E-state index is 12.4. The summed E-state index contributed by atoms with van der Waals surface area (Å²) < 4.78 is 4.47. The van der Waals surface area contributed by atoms with Gasteiger partial charge in [-0.2, -0.15) is 0 Å². The van der Waals surface area contributed by atoms with Gasteiger partial charge in [-0.3, -0.25) is 4.79 Å². The second-order valence-electron chi connectivity index (χ2n) is 5.68. The predicted octanol–water partition coefficient (Wildman–Crippen LogP) is 0.614. The second kappa shape index (κ2) is 7.07. The lowest BCUT2D eigenvalue weighted by atomic mass is 10.3. The SMILES string of the molecule is Nc1ccc(NC(=O)N2CCCN(C(=O)c3nonc3N)CC2)cc1. The lowest BCUT2D eigenvalue weighted by Crippen LogP contribution is -2.39. The van der Waals surface area contributed by atoms with E-state index >= 15 is 0 Å². The van der Waals surface area contributed by atoms with Gasteiger partial charge in [-0.05, 0) is 41.0 Å². The normalized spacial score (nSPS) is 14.9. The van der Waals surface area contributed by atoms with Crippen LogP contribution < -0.4 is 16.8 Å². The largest absolute Gasteiger partial charge is 0.399 e. The third kappa shape index (κ3) is 3.79. The molecule has 0 unspecified atom stereocenters. The minimum atomic E-state index is -0.348. The van der Waals surface area contributed by atoms with E-state index in [1.54, 1.807) is 34.1 Å². The van der Waals surface area contributed by atoms with Crippen LogP contribution in [0.2, 0.25) is 0 Å². The molecule has 1 aliphatic heterocycles. The van der Waals surface area contributed by atoms with E-state index in [-0.39, 0.29) is 23.5 Å². The van der Waals surface area contributed by atoms with Gasteiger partial charge in [0.2, 0.25) is 11.5 Å². The zero-order valence-electron chi connectivity index (χ0n) is 13.5. The van der Waals surface area contributed by atoms with Gasteiger partial charge in [-0.15, -0.1) is 0 Å². The summed E-state index contributed by atoms with van der Waals surface area (Å²) in [5.74, 6) is -0.383. The highest BCUT2D eigenvalue weighted by atomic mass is 16.6. The minimum absolute atomic E-state index is 0.000208. The number of aromatic nitrogens is 2. The van der Waals surface area contributed by atoms with Crippen molar-refractivity contribution in [2.75, 3.05) is 43.0 Å². The fraction of sp³-hybridized carbons (Fsp3) is 0.333. The van der Waals surface area contributed by atoms with E-state index in [0.29, 0.717) is 44.0 Å². The lowest BCUT2D eigenvalue weighted by Gasteiger charge is -2.22. The number of anilines is 3. The summed E-state index contributed by atoms with van der Waals surface area (Å²) in [6, 6.07) is 6.69. The molecule has 0 atom stereocenters. The number of hydrogen-bond acceptors (Lipinski definition) is 7. The van der Waals surface area contributed by atoms with Crippen molar-refractivity contribution >= 4 is 29.1 Å². The molecule has 2 heterocycles. The van der Waals surface area contributed by atoms with E-state index in [4.69, 9.17) is 11.5 Å². The summed E-state index contributed by atoms with van der Waals surface area (Å²) in [5.41, 5.74) is 12.5. The molecule has 3 rings (SSSR count). The molecule has 0 spiro atoms. The highest BCUT2D eigenvalue weighted by Crippen LogP contribution is 2.14. The van der Waals surface area contributed by atoms with Crippen LogP contribution in [0.15, 0.2) is 28.9 Å². The van der Waals surface area contributed by atoms with Crippen LogP contribution in [0, 0.1) is 0 Å². The Bertz CT molecular complexity index is 759. The van der Waals surface area contributed by atoms with Crippen molar-refractivity contribution in [1.29, 1.82) is 0 Å². The molecule has 0 radical (unpaired) electrons. The summed E-state index contributed by atoms with van der Waals surface area (Å²) in [6.45, 7) is 1.81. The van der Waals surface area contributed by atoms with Gasteiger partial charge in [0.25, 0.3) is 5.91 Å². The molecule has 0 bridgehead atoms. The van der Waals surface area contributed by atoms with Crippen molar-refractivity contribution in [3.8, 4) is 0 Å². The highest BCUT2D eigenvalue weighted by molar-refractivity contribution is 5.96. The van der Waals surface area contributed by atoms with E-state index in [1.807, 2.05) is 0 Å². The van der Waals surface area contributed by atoms with E-state index in [9.17, 15) is 9.59 Å². The molecule has 5 N–H and O–H groups in total. The molecule has 1 aromatic carbocycles. The molecule has 132 valence electrons. The van der Waals surface area contributed by atoms with Crippen LogP contribution in [0.5, 0.6) is 0 Å². The molecular formula is C15H19N7O3. The van der Waals surface area contributed by atoms with Gasteiger partial charge in [0, 0.05) is 37.6 Å². The van der Waals surface area contributed by atoms with Gasteiger partial charge in [-0.25, -0.2) is 9.42 Å². The Morgan fingerprint density at radius 1 is 1.00 bits per heavy atom. The number of hydrogen-bond donors (Lipinski definition) is 3. The van der Waals surface area contributed by atoms with Gasteiger partial charge >= 0.3 is 6.03 Å². The first-order valence-corrected chi connectivity index (χ1v) is 7.83. The summed E-state index contributed by atoms with van der Waals surface area (Å²) in [5, 5.41) is 9.76. The zero-order valence-corrected chi connectivity index (χ0v) is 13.5. The van der Waals surface area contributed by atoms with Crippen LogP contribution in [-0.4, -0.2) is 58.2 Å². The monoisotopic (exact) mass is 345 g/mol. The first-order chi connectivity index (χ1) is 12.0. The fourth-order valence-corrected chi connectivity index (χ4v) is 2.59. The van der Waals surface area contributed by atoms with Crippen LogP contribution in [0.25, 0.3) is 0 Å². The molecule has 0 aliphatic carbocycles. The van der Waals surface area contributed by atoms with Crippen LogP contribution in [0.4, 0.5) is 22.0 Å². The number of carbonyl (C=O) groups is 2. The Labute approximate surface area is 143 Å². The number of nitrogens with zero attached hydrogens (tertiary/aromatic N) is 4. The predicted molar refractivity (Wildman–Crippen MR) is 90.7 cm³/mol. The number of benzene rings is 1. The van der Waals surface area contributed by atoms with Crippen molar-refractivity contribution in [1.82, 2.24) is 20.1 Å². The zero-order chi connectivity index (χ0) is 17.8. The smallest absolute Gasteiger partial charge is 0.321 e. The number of nitrogens with two attached hydrogens (primary N) is 2. The first kappa shape index (κ1) is 16.6. The molecule has 10 nitrogen and oxygen atoms in total. The number of nitrogen functional groups attached to an aromatic ring is 2. The second-order valence-corrected chi connectivity index (χ2v) is 5.68. The molecule has 1 aliphatic rings. The Balaban J connectivity index is 1.59. The van der Waals surface area contributed by atoms with Crippen LogP contribution >= 0.6 is 0 Å². The van der Waals surface area contributed by atoms with Crippen molar-refractivity contribution in [3.63, 3.8) is 0 Å². The number of rotatable bonds is 2. The van der Waals surface area contributed by atoms with Crippen LogP contribution in [-0.2, 0) is 0 Å². The summed E-state index contributed by atoms with van der Waals surface area (Å²) in [7, 11) is 0. The van der Waals surface area contributed by atoms with Crippen LogP contribution in [0.3, 0.4) is 0 Å². The minimum Gasteiger partial charge on any atom is -0.399 e.